The third-order valence-corrected chi connectivity index (χ3v) is 5.34. The number of aromatic nitrogens is 1. The maximum Gasteiger partial charge on any atom is 0.195 e. The molecule has 2 aromatic carbocycles. The zero-order valence-corrected chi connectivity index (χ0v) is 16.3. The van der Waals surface area contributed by atoms with Crippen molar-refractivity contribution in [1.29, 1.82) is 0 Å². The van der Waals surface area contributed by atoms with E-state index in [1.165, 1.54) is 11.3 Å². The van der Waals surface area contributed by atoms with E-state index in [9.17, 15) is 4.79 Å². The molecule has 0 atom stereocenters. The molecule has 0 bridgehead atoms. The van der Waals surface area contributed by atoms with Crippen LogP contribution in [0.3, 0.4) is 0 Å². The number of fused-ring (bicyclic) bond motifs is 1. The van der Waals surface area contributed by atoms with Crippen molar-refractivity contribution in [3.8, 4) is 11.5 Å². The molecule has 0 saturated heterocycles. The first-order valence-corrected chi connectivity index (χ1v) is 9.75. The van der Waals surface area contributed by atoms with Crippen LogP contribution in [0.25, 0.3) is 0 Å². The molecule has 5 nitrogen and oxygen atoms in total. The highest BCUT2D eigenvalue weighted by Gasteiger charge is 2.21. The van der Waals surface area contributed by atoms with Gasteiger partial charge in [-0.05, 0) is 18.2 Å². The van der Waals surface area contributed by atoms with E-state index in [2.05, 4.69) is 10.3 Å². The summed E-state index contributed by atoms with van der Waals surface area (Å²) < 4.78 is 11.8. The molecule has 0 fully saturated rings. The second kappa shape index (κ2) is 7.76. The molecule has 0 spiro atoms. The van der Waals surface area contributed by atoms with E-state index in [1.54, 1.807) is 42.6 Å². The predicted octanol–water partition coefficient (Wildman–Crippen LogP) is 5.06. The average Bonchev–Trinajstić information content (AvgIpc) is 3.10. The van der Waals surface area contributed by atoms with Gasteiger partial charge in [-0.25, -0.2) is 4.98 Å². The first-order chi connectivity index (χ1) is 13.1. The van der Waals surface area contributed by atoms with E-state index >= 15 is 0 Å². The molecule has 2 heterocycles. The molecular formula is C19H14Cl2N2O3S. The molecule has 1 aliphatic rings. The fourth-order valence-electron chi connectivity index (χ4n) is 2.76. The summed E-state index contributed by atoms with van der Waals surface area (Å²) >= 11 is 13.3. The Morgan fingerprint density at radius 1 is 1.15 bits per heavy atom. The SMILES string of the molecule is O=C(c1cccc(Cl)c1)c1cc2c(cc1NCc1cnc(Cl)s1)OCCO2. The van der Waals surface area contributed by atoms with Gasteiger partial charge in [0, 0.05) is 39.0 Å². The van der Waals surface area contributed by atoms with Gasteiger partial charge in [0.25, 0.3) is 0 Å². The molecule has 0 radical (unpaired) electrons. The van der Waals surface area contributed by atoms with Gasteiger partial charge in [0.15, 0.2) is 21.7 Å². The van der Waals surface area contributed by atoms with Gasteiger partial charge in [0.2, 0.25) is 0 Å². The van der Waals surface area contributed by atoms with Gasteiger partial charge in [-0.15, -0.1) is 11.3 Å². The fourth-order valence-corrected chi connectivity index (χ4v) is 3.86. The van der Waals surface area contributed by atoms with Crippen LogP contribution in [0.5, 0.6) is 11.5 Å². The zero-order valence-electron chi connectivity index (χ0n) is 14.0. The normalized spacial score (nSPS) is 12.7. The smallest absolute Gasteiger partial charge is 0.195 e. The Hall–Kier alpha value is -2.28. The average molecular weight is 421 g/mol. The number of ether oxygens (including phenoxy) is 2. The largest absolute Gasteiger partial charge is 0.486 e. The van der Waals surface area contributed by atoms with Crippen molar-refractivity contribution >= 4 is 46.0 Å². The summed E-state index contributed by atoms with van der Waals surface area (Å²) in [7, 11) is 0. The van der Waals surface area contributed by atoms with Gasteiger partial charge in [-0.1, -0.05) is 35.3 Å². The van der Waals surface area contributed by atoms with Gasteiger partial charge < -0.3 is 14.8 Å². The monoisotopic (exact) mass is 420 g/mol. The number of rotatable bonds is 5. The van der Waals surface area contributed by atoms with Gasteiger partial charge in [-0.2, -0.15) is 0 Å². The molecule has 0 aliphatic carbocycles. The molecular weight excluding hydrogens is 407 g/mol. The molecule has 1 aromatic heterocycles. The Morgan fingerprint density at radius 2 is 1.93 bits per heavy atom. The lowest BCUT2D eigenvalue weighted by atomic mass is 10.0. The van der Waals surface area contributed by atoms with Crippen LogP contribution in [-0.2, 0) is 6.54 Å². The number of benzene rings is 2. The summed E-state index contributed by atoms with van der Waals surface area (Å²) in [5.41, 5.74) is 1.63. The highest BCUT2D eigenvalue weighted by Crippen LogP contribution is 2.37. The molecule has 1 aliphatic heterocycles. The molecule has 0 saturated carbocycles. The summed E-state index contributed by atoms with van der Waals surface area (Å²) in [6.07, 6.45) is 1.70. The van der Waals surface area contributed by atoms with E-state index < -0.39 is 0 Å². The second-order valence-electron chi connectivity index (χ2n) is 5.81. The lowest BCUT2D eigenvalue weighted by Gasteiger charge is -2.21. The third kappa shape index (κ3) is 4.03. The number of ketones is 1. The highest BCUT2D eigenvalue weighted by molar-refractivity contribution is 7.15. The summed E-state index contributed by atoms with van der Waals surface area (Å²) in [6.45, 7) is 1.41. The number of nitrogens with one attached hydrogen (secondary N) is 1. The van der Waals surface area contributed by atoms with Gasteiger partial charge in [-0.3, -0.25) is 4.79 Å². The Balaban J connectivity index is 1.70. The lowest BCUT2D eigenvalue weighted by Crippen LogP contribution is -2.17. The topological polar surface area (TPSA) is 60.5 Å². The minimum atomic E-state index is -0.153. The van der Waals surface area contributed by atoms with Crippen LogP contribution in [-0.4, -0.2) is 24.0 Å². The zero-order chi connectivity index (χ0) is 18.8. The van der Waals surface area contributed by atoms with Crippen molar-refractivity contribution in [1.82, 2.24) is 4.98 Å². The van der Waals surface area contributed by atoms with Crippen LogP contribution in [0.15, 0.2) is 42.6 Å². The van der Waals surface area contributed by atoms with Crippen molar-refractivity contribution in [2.45, 2.75) is 6.54 Å². The Labute approximate surface area is 169 Å². The minimum absolute atomic E-state index is 0.153. The number of nitrogens with zero attached hydrogens (tertiary/aromatic N) is 1. The standard InChI is InChI=1S/C19H14Cl2N2O3S/c20-12-3-1-2-11(6-12)18(24)14-7-16-17(26-5-4-25-16)8-15(14)22-9-13-10-23-19(21)27-13/h1-3,6-8,10,22H,4-5,9H2. The lowest BCUT2D eigenvalue weighted by molar-refractivity contribution is 0.103. The van der Waals surface area contributed by atoms with E-state index in [-0.39, 0.29) is 5.78 Å². The van der Waals surface area contributed by atoms with Crippen molar-refractivity contribution in [3.63, 3.8) is 0 Å². The number of carbonyl (C=O) groups is 1. The number of halogens is 2. The molecule has 8 heteroatoms. The molecule has 0 amide bonds. The first kappa shape index (κ1) is 18.1. The fraction of sp³-hybridized carbons (Fsp3) is 0.158. The summed E-state index contributed by atoms with van der Waals surface area (Å²) in [5, 5.41) is 3.79. The third-order valence-electron chi connectivity index (χ3n) is 3.99. The Kier molecular flexibility index (Phi) is 5.20. The number of hydrogen-bond donors (Lipinski definition) is 1. The van der Waals surface area contributed by atoms with Gasteiger partial charge in [0.1, 0.15) is 13.2 Å². The van der Waals surface area contributed by atoms with Gasteiger partial charge >= 0.3 is 0 Å². The number of thiazole rings is 1. The van der Waals surface area contributed by atoms with E-state index in [4.69, 9.17) is 32.7 Å². The van der Waals surface area contributed by atoms with Crippen molar-refractivity contribution in [2.24, 2.45) is 0 Å². The molecule has 138 valence electrons. The summed E-state index contributed by atoms with van der Waals surface area (Å²) in [6, 6.07) is 10.4. The van der Waals surface area contributed by atoms with E-state index in [0.29, 0.717) is 57.6 Å². The minimum Gasteiger partial charge on any atom is -0.486 e. The maximum absolute atomic E-state index is 13.1. The highest BCUT2D eigenvalue weighted by atomic mass is 35.5. The van der Waals surface area contributed by atoms with Crippen LogP contribution >= 0.6 is 34.5 Å². The van der Waals surface area contributed by atoms with Crippen LogP contribution in [0.2, 0.25) is 9.49 Å². The summed E-state index contributed by atoms with van der Waals surface area (Å²) in [4.78, 5) is 18.1. The number of carbonyl (C=O) groups excluding carboxylic acids is 1. The predicted molar refractivity (Wildman–Crippen MR) is 107 cm³/mol. The Morgan fingerprint density at radius 3 is 2.63 bits per heavy atom. The molecule has 1 N–H and O–H groups in total. The first-order valence-electron chi connectivity index (χ1n) is 8.18. The molecule has 0 unspecified atom stereocenters. The van der Waals surface area contributed by atoms with Gasteiger partial charge in [0.05, 0.1) is 6.54 Å². The maximum atomic E-state index is 13.1. The van der Waals surface area contributed by atoms with E-state index in [1.807, 2.05) is 0 Å². The van der Waals surface area contributed by atoms with E-state index in [0.717, 1.165) is 4.88 Å². The van der Waals surface area contributed by atoms with Crippen molar-refractivity contribution < 1.29 is 14.3 Å². The van der Waals surface area contributed by atoms with Crippen LogP contribution in [0, 0.1) is 0 Å². The van der Waals surface area contributed by atoms with Crippen molar-refractivity contribution in [2.75, 3.05) is 18.5 Å². The molecule has 27 heavy (non-hydrogen) atoms. The van der Waals surface area contributed by atoms with Crippen LogP contribution < -0.4 is 14.8 Å². The van der Waals surface area contributed by atoms with Crippen LogP contribution in [0.1, 0.15) is 20.8 Å². The second-order valence-corrected chi connectivity index (χ2v) is 7.95. The molecule has 4 rings (SSSR count). The number of anilines is 1. The summed E-state index contributed by atoms with van der Waals surface area (Å²) in [5.74, 6) is 1.01. The van der Waals surface area contributed by atoms with Crippen LogP contribution in [0.4, 0.5) is 5.69 Å². The quantitative estimate of drug-likeness (QED) is 0.584. The van der Waals surface area contributed by atoms with Crippen molar-refractivity contribution in [3.05, 3.63) is 68.1 Å². The molecule has 3 aromatic rings. The Bertz CT molecular complexity index is 1010. The number of hydrogen-bond acceptors (Lipinski definition) is 6.